The molecule has 3 nitrogen and oxygen atoms in total. The molecule has 0 amide bonds. The van der Waals surface area contributed by atoms with Crippen LogP contribution in [0.5, 0.6) is 5.75 Å². The first-order chi connectivity index (χ1) is 8.66. The van der Waals surface area contributed by atoms with Gasteiger partial charge in [-0.25, -0.2) is 4.39 Å². The Morgan fingerprint density at radius 2 is 2.39 bits per heavy atom. The Labute approximate surface area is 107 Å². The zero-order chi connectivity index (χ0) is 13.0. The molecule has 0 aromatic heterocycles. The highest BCUT2D eigenvalue weighted by Crippen LogP contribution is 2.23. The lowest BCUT2D eigenvalue weighted by Gasteiger charge is -2.12. The van der Waals surface area contributed by atoms with Crippen molar-refractivity contribution in [3.05, 3.63) is 29.6 Å². The van der Waals surface area contributed by atoms with E-state index in [-0.39, 0.29) is 11.9 Å². The Kier molecular flexibility index (Phi) is 4.55. The molecule has 0 radical (unpaired) electrons. The molecule has 0 spiro atoms. The number of ether oxygens (including phenoxy) is 2. The molecule has 2 atom stereocenters. The third kappa shape index (κ3) is 3.43. The van der Waals surface area contributed by atoms with E-state index in [0.717, 1.165) is 25.9 Å². The standard InChI is InChI=1S/C14H19FO3/c1-10(16)11-4-5-14(13(15)9-11)18-8-6-12-3-2-7-17-12/h4-5,9-10,12,16H,2-3,6-8H2,1H3/t10-,12?/m1/s1. The van der Waals surface area contributed by atoms with Crippen molar-refractivity contribution in [2.45, 2.75) is 38.4 Å². The number of hydrogen-bond donors (Lipinski definition) is 1. The zero-order valence-corrected chi connectivity index (χ0v) is 10.6. The van der Waals surface area contributed by atoms with E-state index in [9.17, 15) is 9.50 Å². The lowest BCUT2D eigenvalue weighted by atomic mass is 10.1. The molecule has 1 aliphatic heterocycles. The molecule has 100 valence electrons. The van der Waals surface area contributed by atoms with E-state index in [1.54, 1.807) is 19.1 Å². The maximum Gasteiger partial charge on any atom is 0.165 e. The lowest BCUT2D eigenvalue weighted by molar-refractivity contribution is 0.0897. The van der Waals surface area contributed by atoms with Crippen LogP contribution in [0.25, 0.3) is 0 Å². The summed E-state index contributed by atoms with van der Waals surface area (Å²) in [6, 6.07) is 4.55. The molecule has 4 heteroatoms. The Morgan fingerprint density at radius 3 is 3.00 bits per heavy atom. The number of hydrogen-bond acceptors (Lipinski definition) is 3. The quantitative estimate of drug-likeness (QED) is 0.878. The summed E-state index contributed by atoms with van der Waals surface area (Å²) in [5.41, 5.74) is 0.555. The molecule has 1 N–H and O–H groups in total. The monoisotopic (exact) mass is 254 g/mol. The van der Waals surface area contributed by atoms with Crippen LogP contribution in [0, 0.1) is 5.82 Å². The average Bonchev–Trinajstić information content (AvgIpc) is 2.84. The first-order valence-electron chi connectivity index (χ1n) is 6.38. The van der Waals surface area contributed by atoms with Crippen LogP contribution in [0.1, 0.15) is 37.9 Å². The summed E-state index contributed by atoms with van der Waals surface area (Å²) in [7, 11) is 0. The maximum atomic E-state index is 13.6. The Hall–Kier alpha value is -1.13. The number of rotatable bonds is 5. The van der Waals surface area contributed by atoms with Crippen LogP contribution in [-0.4, -0.2) is 24.4 Å². The largest absolute Gasteiger partial charge is 0.490 e. The highest BCUT2D eigenvalue weighted by molar-refractivity contribution is 5.30. The van der Waals surface area contributed by atoms with E-state index < -0.39 is 11.9 Å². The van der Waals surface area contributed by atoms with Crippen LogP contribution >= 0.6 is 0 Å². The minimum atomic E-state index is -0.666. The van der Waals surface area contributed by atoms with Gasteiger partial charge in [-0.1, -0.05) is 6.07 Å². The first-order valence-corrected chi connectivity index (χ1v) is 6.38. The van der Waals surface area contributed by atoms with E-state index in [4.69, 9.17) is 9.47 Å². The summed E-state index contributed by atoms with van der Waals surface area (Å²) < 4.78 is 24.5. The maximum absolute atomic E-state index is 13.6. The minimum absolute atomic E-state index is 0.234. The van der Waals surface area contributed by atoms with E-state index in [1.165, 1.54) is 6.07 Å². The van der Waals surface area contributed by atoms with Gasteiger partial charge in [-0.05, 0) is 37.5 Å². The molecule has 1 heterocycles. The molecule has 1 aromatic rings. The van der Waals surface area contributed by atoms with Gasteiger partial charge in [0, 0.05) is 13.0 Å². The van der Waals surface area contributed by atoms with Gasteiger partial charge in [0.25, 0.3) is 0 Å². The Bertz CT molecular complexity index is 387. The smallest absolute Gasteiger partial charge is 0.165 e. The number of aliphatic hydroxyl groups is 1. The van der Waals surface area contributed by atoms with Gasteiger partial charge >= 0.3 is 0 Å². The summed E-state index contributed by atoms with van der Waals surface area (Å²) >= 11 is 0. The van der Waals surface area contributed by atoms with Crippen molar-refractivity contribution in [1.29, 1.82) is 0 Å². The topological polar surface area (TPSA) is 38.7 Å². The molecule has 0 saturated carbocycles. The molecule has 1 saturated heterocycles. The zero-order valence-electron chi connectivity index (χ0n) is 10.6. The second kappa shape index (κ2) is 6.16. The van der Waals surface area contributed by atoms with Crippen molar-refractivity contribution < 1.29 is 19.0 Å². The SMILES string of the molecule is C[C@@H](O)c1ccc(OCCC2CCCO2)c(F)c1. The van der Waals surface area contributed by atoms with Crippen LogP contribution in [0.15, 0.2) is 18.2 Å². The van der Waals surface area contributed by atoms with Crippen LogP contribution < -0.4 is 4.74 Å². The average molecular weight is 254 g/mol. The van der Waals surface area contributed by atoms with E-state index in [2.05, 4.69) is 0 Å². The molecule has 18 heavy (non-hydrogen) atoms. The Balaban J connectivity index is 1.85. The van der Waals surface area contributed by atoms with Crippen LogP contribution in [-0.2, 0) is 4.74 Å². The van der Waals surface area contributed by atoms with Crippen LogP contribution in [0.2, 0.25) is 0 Å². The van der Waals surface area contributed by atoms with Gasteiger partial charge < -0.3 is 14.6 Å². The van der Waals surface area contributed by atoms with Crippen LogP contribution in [0.4, 0.5) is 4.39 Å². The summed E-state index contributed by atoms with van der Waals surface area (Å²) in [4.78, 5) is 0. The lowest BCUT2D eigenvalue weighted by Crippen LogP contribution is -2.11. The van der Waals surface area contributed by atoms with Crippen molar-refractivity contribution in [2.24, 2.45) is 0 Å². The molecule has 1 aliphatic rings. The fraction of sp³-hybridized carbons (Fsp3) is 0.571. The van der Waals surface area contributed by atoms with Gasteiger partial charge in [-0.2, -0.15) is 0 Å². The van der Waals surface area contributed by atoms with Gasteiger partial charge in [0.15, 0.2) is 11.6 Å². The normalized spacial score (nSPS) is 20.9. The molecule has 0 aliphatic carbocycles. The van der Waals surface area contributed by atoms with Crippen molar-refractivity contribution in [1.82, 2.24) is 0 Å². The predicted molar refractivity (Wildman–Crippen MR) is 66.1 cm³/mol. The molecule has 0 bridgehead atoms. The second-order valence-corrected chi connectivity index (χ2v) is 4.64. The predicted octanol–water partition coefficient (Wildman–Crippen LogP) is 2.83. The van der Waals surface area contributed by atoms with Crippen molar-refractivity contribution in [3.63, 3.8) is 0 Å². The van der Waals surface area contributed by atoms with Gasteiger partial charge in [0.05, 0.1) is 18.8 Å². The van der Waals surface area contributed by atoms with Crippen molar-refractivity contribution >= 4 is 0 Å². The first kappa shape index (κ1) is 13.3. The van der Waals surface area contributed by atoms with Gasteiger partial charge in [-0.3, -0.25) is 0 Å². The van der Waals surface area contributed by atoms with Crippen LogP contribution in [0.3, 0.4) is 0 Å². The molecule has 2 rings (SSSR count). The van der Waals surface area contributed by atoms with E-state index in [1.807, 2.05) is 0 Å². The highest BCUT2D eigenvalue weighted by Gasteiger charge is 2.15. The number of benzene rings is 1. The fourth-order valence-corrected chi connectivity index (χ4v) is 2.07. The van der Waals surface area contributed by atoms with Gasteiger partial charge in [-0.15, -0.1) is 0 Å². The molecule has 1 unspecified atom stereocenters. The summed E-state index contributed by atoms with van der Waals surface area (Å²) in [6.07, 6.45) is 2.54. The third-order valence-corrected chi connectivity index (χ3v) is 3.16. The Morgan fingerprint density at radius 1 is 1.56 bits per heavy atom. The summed E-state index contributed by atoms with van der Waals surface area (Å²) in [5, 5.41) is 9.33. The van der Waals surface area contributed by atoms with Crippen molar-refractivity contribution in [2.75, 3.05) is 13.2 Å². The fourth-order valence-electron chi connectivity index (χ4n) is 2.07. The molecule has 1 fully saturated rings. The summed E-state index contributed by atoms with van der Waals surface area (Å²) in [6.45, 7) is 2.88. The number of halogens is 1. The highest BCUT2D eigenvalue weighted by atomic mass is 19.1. The summed E-state index contributed by atoms with van der Waals surface area (Å²) in [5.74, 6) is -0.196. The molecular formula is C14H19FO3. The van der Waals surface area contributed by atoms with E-state index >= 15 is 0 Å². The van der Waals surface area contributed by atoms with Gasteiger partial charge in [0.1, 0.15) is 0 Å². The third-order valence-electron chi connectivity index (χ3n) is 3.16. The molecular weight excluding hydrogens is 235 g/mol. The minimum Gasteiger partial charge on any atom is -0.490 e. The molecule has 1 aromatic carbocycles. The number of aliphatic hydroxyl groups excluding tert-OH is 1. The van der Waals surface area contributed by atoms with Crippen molar-refractivity contribution in [3.8, 4) is 5.75 Å². The second-order valence-electron chi connectivity index (χ2n) is 4.64. The van der Waals surface area contributed by atoms with E-state index in [0.29, 0.717) is 12.2 Å². The van der Waals surface area contributed by atoms with Gasteiger partial charge in [0.2, 0.25) is 0 Å².